The van der Waals surface area contributed by atoms with Gasteiger partial charge in [0, 0.05) is 20.3 Å². The van der Waals surface area contributed by atoms with Crippen LogP contribution in [0.4, 0.5) is 4.79 Å². The summed E-state index contributed by atoms with van der Waals surface area (Å²) in [5, 5.41) is 9.09. The van der Waals surface area contributed by atoms with Gasteiger partial charge >= 0.3 is 12.1 Å². The molecule has 0 spiro atoms. The van der Waals surface area contributed by atoms with Crippen molar-refractivity contribution in [2.45, 2.75) is 44.2 Å². The fourth-order valence-electron chi connectivity index (χ4n) is 3.25. The van der Waals surface area contributed by atoms with E-state index in [0.29, 0.717) is 38.7 Å². The van der Waals surface area contributed by atoms with Crippen molar-refractivity contribution in [2.24, 2.45) is 0 Å². The first-order valence-electron chi connectivity index (χ1n) is 9.47. The van der Waals surface area contributed by atoms with Crippen molar-refractivity contribution in [3.63, 3.8) is 0 Å². The second-order valence-electron chi connectivity index (χ2n) is 6.66. The molecule has 1 unspecified atom stereocenters. The van der Waals surface area contributed by atoms with Gasteiger partial charge in [0.1, 0.15) is 18.9 Å². The van der Waals surface area contributed by atoms with Crippen LogP contribution in [0.25, 0.3) is 0 Å². The van der Waals surface area contributed by atoms with Gasteiger partial charge in [0.05, 0.1) is 0 Å². The molecule has 2 rings (SSSR count). The van der Waals surface area contributed by atoms with Crippen LogP contribution in [0.1, 0.15) is 37.7 Å². The highest BCUT2D eigenvalue weighted by molar-refractivity contribution is 5.88. The number of benzene rings is 1. The van der Waals surface area contributed by atoms with Gasteiger partial charge in [-0.2, -0.15) is 0 Å². The Morgan fingerprint density at radius 2 is 1.96 bits per heavy atom. The lowest BCUT2D eigenvalue weighted by Gasteiger charge is -2.33. The second-order valence-corrected chi connectivity index (χ2v) is 6.66. The molecule has 1 N–H and O–H groups in total. The molecule has 8 heteroatoms. The van der Waals surface area contributed by atoms with Crippen LogP contribution in [0.2, 0.25) is 0 Å². The van der Waals surface area contributed by atoms with E-state index in [9.17, 15) is 9.59 Å². The fraction of sp³-hybridized carbons (Fsp3) is 0.600. The summed E-state index contributed by atoms with van der Waals surface area (Å²) in [4.78, 5) is 26.7. The fourth-order valence-corrected chi connectivity index (χ4v) is 3.25. The topological polar surface area (TPSA) is 94.5 Å². The number of amides is 1. The normalized spacial score (nSPS) is 18.9. The van der Waals surface area contributed by atoms with Gasteiger partial charge in [-0.15, -0.1) is 0 Å². The SMILES string of the molecule is COCOCCCC1(CCCCO)C(=O)OCN1C(=O)OCc1ccccc1. The van der Waals surface area contributed by atoms with Crippen molar-refractivity contribution >= 4 is 12.1 Å². The van der Waals surface area contributed by atoms with Crippen LogP contribution in [0.15, 0.2) is 30.3 Å². The molecule has 0 aliphatic carbocycles. The number of esters is 1. The van der Waals surface area contributed by atoms with Gasteiger partial charge in [-0.05, 0) is 37.7 Å². The van der Waals surface area contributed by atoms with Gasteiger partial charge in [-0.3, -0.25) is 4.90 Å². The van der Waals surface area contributed by atoms with Crippen molar-refractivity contribution in [3.8, 4) is 0 Å². The lowest BCUT2D eigenvalue weighted by atomic mass is 9.87. The summed E-state index contributed by atoms with van der Waals surface area (Å²) in [7, 11) is 1.54. The number of hydrogen-bond donors (Lipinski definition) is 1. The molecule has 1 saturated heterocycles. The first-order valence-corrected chi connectivity index (χ1v) is 9.47. The summed E-state index contributed by atoms with van der Waals surface area (Å²) in [6, 6.07) is 9.34. The predicted molar refractivity (Wildman–Crippen MR) is 100 cm³/mol. The zero-order valence-electron chi connectivity index (χ0n) is 16.3. The molecule has 156 valence electrons. The molecule has 1 aliphatic heterocycles. The largest absolute Gasteiger partial charge is 0.444 e. The maximum Gasteiger partial charge on any atom is 0.413 e. The quantitative estimate of drug-likeness (QED) is 0.330. The van der Waals surface area contributed by atoms with E-state index < -0.39 is 17.6 Å². The lowest BCUT2D eigenvalue weighted by Crippen LogP contribution is -2.51. The third-order valence-corrected chi connectivity index (χ3v) is 4.73. The molecule has 0 radical (unpaired) electrons. The third-order valence-electron chi connectivity index (χ3n) is 4.73. The predicted octanol–water partition coefficient (Wildman–Crippen LogP) is 2.44. The highest BCUT2D eigenvalue weighted by Crippen LogP contribution is 2.35. The number of rotatable bonds is 12. The standard InChI is InChI=1S/C20H29NO7/c1-25-16-26-13-7-11-20(10-5-6-12-22)18(23)28-15-21(20)19(24)27-14-17-8-3-2-4-9-17/h2-4,8-9,22H,5-7,10-16H2,1H3. The molecule has 1 atom stereocenters. The Hall–Kier alpha value is -2.16. The van der Waals surface area contributed by atoms with Crippen LogP contribution in [-0.2, 0) is 30.3 Å². The van der Waals surface area contributed by atoms with E-state index in [1.807, 2.05) is 30.3 Å². The average molecular weight is 395 g/mol. The lowest BCUT2D eigenvalue weighted by molar-refractivity contribution is -0.143. The van der Waals surface area contributed by atoms with Gasteiger partial charge in [-0.25, -0.2) is 9.59 Å². The van der Waals surface area contributed by atoms with Crippen LogP contribution in [0.5, 0.6) is 0 Å². The zero-order chi connectivity index (χ0) is 20.2. The van der Waals surface area contributed by atoms with Crippen molar-refractivity contribution < 1.29 is 33.6 Å². The van der Waals surface area contributed by atoms with Crippen LogP contribution in [-0.4, -0.2) is 61.5 Å². The third kappa shape index (κ3) is 5.92. The smallest absolute Gasteiger partial charge is 0.413 e. The van der Waals surface area contributed by atoms with Crippen molar-refractivity contribution in [3.05, 3.63) is 35.9 Å². The minimum absolute atomic E-state index is 0.0283. The van der Waals surface area contributed by atoms with Crippen LogP contribution >= 0.6 is 0 Å². The van der Waals surface area contributed by atoms with Gasteiger partial charge < -0.3 is 24.1 Å². The Labute approximate surface area is 165 Å². The number of cyclic esters (lactones) is 1. The Kier molecular flexibility index (Phi) is 9.19. The number of aliphatic hydroxyl groups excluding tert-OH is 1. The Morgan fingerprint density at radius 3 is 2.68 bits per heavy atom. The first kappa shape index (κ1) is 22.1. The summed E-state index contributed by atoms with van der Waals surface area (Å²) in [6.07, 6.45) is 1.89. The summed E-state index contributed by atoms with van der Waals surface area (Å²) in [6.45, 7) is 0.583. The van der Waals surface area contributed by atoms with E-state index in [2.05, 4.69) is 0 Å². The first-order chi connectivity index (χ1) is 13.6. The number of ether oxygens (including phenoxy) is 4. The van der Waals surface area contributed by atoms with Gasteiger partial charge in [0.15, 0.2) is 6.73 Å². The number of nitrogens with zero attached hydrogens (tertiary/aromatic N) is 1. The highest BCUT2D eigenvalue weighted by atomic mass is 16.7. The van der Waals surface area contributed by atoms with Gasteiger partial charge in [0.25, 0.3) is 0 Å². The van der Waals surface area contributed by atoms with Crippen molar-refractivity contribution in [1.82, 2.24) is 4.90 Å². The van der Waals surface area contributed by atoms with E-state index in [1.54, 1.807) is 0 Å². The van der Waals surface area contributed by atoms with E-state index in [0.717, 1.165) is 5.56 Å². The molecular formula is C20H29NO7. The van der Waals surface area contributed by atoms with Crippen molar-refractivity contribution in [2.75, 3.05) is 33.8 Å². The average Bonchev–Trinajstić information content (AvgIpc) is 3.03. The number of hydrogen-bond acceptors (Lipinski definition) is 7. The van der Waals surface area contributed by atoms with Crippen LogP contribution < -0.4 is 0 Å². The maximum atomic E-state index is 12.7. The number of carbonyl (C=O) groups is 2. The van der Waals surface area contributed by atoms with E-state index in [-0.39, 0.29) is 26.7 Å². The maximum absolute atomic E-state index is 12.7. The van der Waals surface area contributed by atoms with E-state index in [4.69, 9.17) is 24.1 Å². The molecule has 1 amide bonds. The molecule has 0 bridgehead atoms. The van der Waals surface area contributed by atoms with Gasteiger partial charge in [-0.1, -0.05) is 30.3 Å². The summed E-state index contributed by atoms with van der Waals surface area (Å²) >= 11 is 0. The Morgan fingerprint density at radius 1 is 1.21 bits per heavy atom. The molecule has 28 heavy (non-hydrogen) atoms. The second kappa shape index (κ2) is 11.6. The monoisotopic (exact) mass is 395 g/mol. The molecule has 1 aromatic rings. The summed E-state index contributed by atoms with van der Waals surface area (Å²) < 4.78 is 20.8. The zero-order valence-corrected chi connectivity index (χ0v) is 16.3. The minimum Gasteiger partial charge on any atom is -0.444 e. The number of carbonyl (C=O) groups excluding carboxylic acids is 2. The molecule has 0 aromatic heterocycles. The van der Waals surface area contributed by atoms with E-state index >= 15 is 0 Å². The molecular weight excluding hydrogens is 366 g/mol. The Balaban J connectivity index is 2.04. The molecule has 0 saturated carbocycles. The van der Waals surface area contributed by atoms with Crippen LogP contribution in [0.3, 0.4) is 0 Å². The highest BCUT2D eigenvalue weighted by Gasteiger charge is 2.52. The molecule has 1 aromatic carbocycles. The Bertz CT molecular complexity index is 610. The molecule has 1 fully saturated rings. The van der Waals surface area contributed by atoms with E-state index in [1.165, 1.54) is 12.0 Å². The van der Waals surface area contributed by atoms with Crippen LogP contribution in [0, 0.1) is 0 Å². The number of unbranched alkanes of at least 4 members (excludes halogenated alkanes) is 1. The molecule has 1 heterocycles. The number of aliphatic hydroxyl groups is 1. The number of methoxy groups -OCH3 is 1. The molecule has 8 nitrogen and oxygen atoms in total. The van der Waals surface area contributed by atoms with Gasteiger partial charge in [0.2, 0.25) is 0 Å². The van der Waals surface area contributed by atoms with Crippen molar-refractivity contribution in [1.29, 1.82) is 0 Å². The summed E-state index contributed by atoms with van der Waals surface area (Å²) in [5.74, 6) is -0.436. The molecule has 1 aliphatic rings. The summed E-state index contributed by atoms with van der Waals surface area (Å²) in [5.41, 5.74) is -0.236. The minimum atomic E-state index is -1.10.